The van der Waals surface area contributed by atoms with Gasteiger partial charge in [-0.1, -0.05) is 132 Å². The third-order valence-corrected chi connectivity index (χ3v) is 13.5. The summed E-state index contributed by atoms with van der Waals surface area (Å²) in [6.45, 7) is 17.9. The highest BCUT2D eigenvalue weighted by atomic mass is 16.5. The molecule has 4 heteroatoms. The predicted molar refractivity (Wildman–Crippen MR) is 284 cm³/mol. The second kappa shape index (κ2) is 16.0. The van der Waals surface area contributed by atoms with E-state index in [0.717, 1.165) is 73.4 Å². The highest BCUT2D eigenvalue weighted by Crippen LogP contribution is 2.52. The molecule has 0 saturated carbocycles. The van der Waals surface area contributed by atoms with Crippen LogP contribution in [0.15, 0.2) is 188 Å². The van der Waals surface area contributed by atoms with E-state index in [1.54, 1.807) is 0 Å². The zero-order chi connectivity index (χ0) is 46.2. The number of hydrogen-bond acceptors (Lipinski definition) is 4. The van der Waals surface area contributed by atoms with E-state index in [-0.39, 0.29) is 10.8 Å². The summed E-state index contributed by atoms with van der Waals surface area (Å²) in [5.41, 5.74) is 15.0. The average Bonchev–Trinajstić information content (AvgIpc) is 3.32. The number of fused-ring (bicyclic) bond motifs is 6. The Bertz CT molecular complexity index is 3490. The Hall–Kier alpha value is -7.69. The van der Waals surface area contributed by atoms with Crippen LogP contribution in [-0.4, -0.2) is 4.98 Å². The zero-order valence-electron chi connectivity index (χ0n) is 39.6. The molecule has 0 N–H and O–H groups in total. The van der Waals surface area contributed by atoms with Crippen LogP contribution in [0.4, 0.5) is 34.3 Å². The molecule has 0 spiro atoms. The molecule has 328 valence electrons. The second-order valence-electron chi connectivity index (χ2n) is 20.3. The Morgan fingerprint density at radius 2 is 0.925 bits per heavy atom. The molecule has 67 heavy (non-hydrogen) atoms. The highest BCUT2D eigenvalue weighted by molar-refractivity contribution is 6.25. The SMILES string of the molecule is Cc1ccc2c(-c3ccc(N(c4ccccc4)c4ccc(C(C)(C)C)cc4)nc3)cc3c4cc(C)cc5c4c(cc3c2c1)-c1ccc(N(c2ccccc2)c2ccc(C(C)(C)C)cc2)cc1O5. The van der Waals surface area contributed by atoms with Crippen LogP contribution >= 0.6 is 0 Å². The van der Waals surface area contributed by atoms with E-state index < -0.39 is 0 Å². The van der Waals surface area contributed by atoms with Crippen LogP contribution < -0.4 is 14.5 Å². The van der Waals surface area contributed by atoms with E-state index >= 15 is 0 Å². The predicted octanol–water partition coefficient (Wildman–Crippen LogP) is 18.1. The summed E-state index contributed by atoms with van der Waals surface area (Å²) in [4.78, 5) is 9.77. The largest absolute Gasteiger partial charge is 0.456 e. The highest BCUT2D eigenvalue weighted by Gasteiger charge is 2.26. The third kappa shape index (κ3) is 7.57. The van der Waals surface area contributed by atoms with Gasteiger partial charge in [0, 0.05) is 57.2 Å². The Morgan fingerprint density at radius 1 is 0.388 bits per heavy atom. The fourth-order valence-electron chi connectivity index (χ4n) is 9.92. The van der Waals surface area contributed by atoms with E-state index in [0.29, 0.717) is 0 Å². The summed E-state index contributed by atoms with van der Waals surface area (Å²) >= 11 is 0. The molecule has 1 aliphatic heterocycles. The molecule has 0 aliphatic carbocycles. The summed E-state index contributed by atoms with van der Waals surface area (Å²) < 4.78 is 7.02. The molecule has 9 aromatic carbocycles. The van der Waals surface area contributed by atoms with Gasteiger partial charge in [-0.05, 0) is 170 Å². The Kier molecular flexibility index (Phi) is 10.0. The van der Waals surface area contributed by atoms with Crippen molar-refractivity contribution in [3.63, 3.8) is 0 Å². The Morgan fingerprint density at radius 3 is 1.54 bits per heavy atom. The molecule has 1 aromatic heterocycles. The molecule has 4 nitrogen and oxygen atoms in total. The van der Waals surface area contributed by atoms with Gasteiger partial charge in [-0.2, -0.15) is 0 Å². The first kappa shape index (κ1) is 42.0. The maximum Gasteiger partial charge on any atom is 0.137 e. The topological polar surface area (TPSA) is 28.6 Å². The summed E-state index contributed by atoms with van der Waals surface area (Å²) in [6, 6.07) is 66.2. The lowest BCUT2D eigenvalue weighted by Gasteiger charge is -2.29. The molecule has 0 fully saturated rings. The van der Waals surface area contributed by atoms with Crippen LogP contribution in [0.1, 0.15) is 63.8 Å². The molecule has 2 heterocycles. The van der Waals surface area contributed by atoms with Crippen molar-refractivity contribution in [2.45, 2.75) is 66.2 Å². The minimum Gasteiger partial charge on any atom is -0.456 e. The van der Waals surface area contributed by atoms with Gasteiger partial charge in [-0.15, -0.1) is 0 Å². The van der Waals surface area contributed by atoms with Crippen molar-refractivity contribution in [1.82, 2.24) is 4.98 Å². The number of para-hydroxylation sites is 2. The zero-order valence-corrected chi connectivity index (χ0v) is 39.6. The standard InChI is InChI=1S/C63H55N3O/c1-40-19-30-50-52(42-20-32-60(64-39-42)66(46-17-13-10-14-18-46)48-27-23-44(24-28-48)63(6,7)8)37-55-54(53(50)33-40)38-57-51-31-29-49(36-58(51)67-59-35-41(2)34-56(55)61(57)59)65(45-15-11-9-12-16-45)47-25-21-43(22-26-47)62(3,4)5/h9-39H,1-8H3. The lowest BCUT2D eigenvalue weighted by molar-refractivity contribution is 0.487. The molecule has 11 rings (SSSR count). The second-order valence-corrected chi connectivity index (χ2v) is 20.3. The quantitative estimate of drug-likeness (QED) is 0.149. The van der Waals surface area contributed by atoms with Gasteiger partial charge in [0.25, 0.3) is 0 Å². The number of rotatable bonds is 7. The van der Waals surface area contributed by atoms with Crippen LogP contribution in [0, 0.1) is 13.8 Å². The van der Waals surface area contributed by atoms with Crippen LogP contribution in [0.25, 0.3) is 54.6 Å². The molecule has 0 radical (unpaired) electrons. The number of pyridine rings is 1. The lowest BCUT2D eigenvalue weighted by atomic mass is 9.85. The van der Waals surface area contributed by atoms with Crippen molar-refractivity contribution in [2.24, 2.45) is 0 Å². The van der Waals surface area contributed by atoms with Gasteiger partial charge >= 0.3 is 0 Å². The number of benzene rings is 9. The molecule has 0 amide bonds. The van der Waals surface area contributed by atoms with Crippen LogP contribution in [0.3, 0.4) is 0 Å². The molecule has 1 aliphatic rings. The number of nitrogens with zero attached hydrogens (tertiary/aromatic N) is 3. The van der Waals surface area contributed by atoms with Gasteiger partial charge in [0.15, 0.2) is 0 Å². The fourth-order valence-corrected chi connectivity index (χ4v) is 9.92. The number of hydrogen-bond donors (Lipinski definition) is 0. The minimum absolute atomic E-state index is 0.0618. The maximum absolute atomic E-state index is 7.02. The van der Waals surface area contributed by atoms with E-state index in [4.69, 9.17) is 9.72 Å². The van der Waals surface area contributed by atoms with Crippen molar-refractivity contribution >= 4 is 66.6 Å². The minimum atomic E-state index is 0.0618. The first-order chi connectivity index (χ1) is 32.3. The number of anilines is 6. The summed E-state index contributed by atoms with van der Waals surface area (Å²) in [5, 5.41) is 7.17. The van der Waals surface area contributed by atoms with Crippen LogP contribution in [0.5, 0.6) is 11.5 Å². The summed E-state index contributed by atoms with van der Waals surface area (Å²) in [5.74, 6) is 2.59. The Balaban J connectivity index is 1.04. The smallest absolute Gasteiger partial charge is 0.137 e. The maximum atomic E-state index is 7.02. The Labute approximate surface area is 394 Å². The van der Waals surface area contributed by atoms with Gasteiger partial charge in [-0.25, -0.2) is 4.98 Å². The third-order valence-electron chi connectivity index (χ3n) is 13.5. The van der Waals surface area contributed by atoms with E-state index in [1.165, 1.54) is 49.2 Å². The van der Waals surface area contributed by atoms with Crippen molar-refractivity contribution in [2.75, 3.05) is 9.80 Å². The van der Waals surface area contributed by atoms with Crippen LogP contribution in [-0.2, 0) is 10.8 Å². The molecule has 0 atom stereocenters. The first-order valence-electron chi connectivity index (χ1n) is 23.4. The van der Waals surface area contributed by atoms with Gasteiger partial charge in [0.2, 0.25) is 0 Å². The number of ether oxygens (including phenoxy) is 1. The molecular weight excluding hydrogens is 815 g/mol. The van der Waals surface area contributed by atoms with E-state index in [1.807, 2.05) is 6.20 Å². The average molecular weight is 870 g/mol. The number of aromatic nitrogens is 1. The van der Waals surface area contributed by atoms with E-state index in [2.05, 4.69) is 247 Å². The normalized spacial score (nSPS) is 12.3. The monoisotopic (exact) mass is 869 g/mol. The molecular formula is C63H55N3O. The first-order valence-corrected chi connectivity index (χ1v) is 23.4. The molecule has 0 bridgehead atoms. The van der Waals surface area contributed by atoms with Crippen molar-refractivity contribution < 1.29 is 4.74 Å². The van der Waals surface area contributed by atoms with Gasteiger partial charge in [0.1, 0.15) is 17.3 Å². The van der Waals surface area contributed by atoms with Crippen LogP contribution in [0.2, 0.25) is 0 Å². The lowest BCUT2D eigenvalue weighted by Crippen LogP contribution is -2.13. The van der Waals surface area contributed by atoms with Crippen molar-refractivity contribution in [3.8, 4) is 33.8 Å². The van der Waals surface area contributed by atoms with Gasteiger partial charge in [-0.3, -0.25) is 4.90 Å². The van der Waals surface area contributed by atoms with Gasteiger partial charge in [0.05, 0.1) is 0 Å². The van der Waals surface area contributed by atoms with Crippen molar-refractivity contribution in [1.29, 1.82) is 0 Å². The van der Waals surface area contributed by atoms with E-state index in [9.17, 15) is 0 Å². The molecule has 10 aromatic rings. The molecule has 0 unspecified atom stereocenters. The summed E-state index contributed by atoms with van der Waals surface area (Å²) in [7, 11) is 0. The molecule has 0 saturated heterocycles. The van der Waals surface area contributed by atoms with Crippen molar-refractivity contribution in [3.05, 3.63) is 210 Å². The van der Waals surface area contributed by atoms with Gasteiger partial charge < -0.3 is 9.64 Å². The summed E-state index contributed by atoms with van der Waals surface area (Å²) in [6.07, 6.45) is 2.04. The fraction of sp³-hybridized carbons (Fsp3) is 0.159. The number of aryl methyl sites for hydroxylation is 2.